The first kappa shape index (κ1) is 33.5. The van der Waals surface area contributed by atoms with Crippen LogP contribution in [-0.2, 0) is 28.7 Å². The van der Waals surface area contributed by atoms with Crippen molar-refractivity contribution in [3.63, 3.8) is 0 Å². The average molecular weight is 599 g/mol. The lowest BCUT2D eigenvalue weighted by Crippen LogP contribution is -2.58. The van der Waals surface area contributed by atoms with Gasteiger partial charge in [0.15, 0.2) is 6.29 Å². The second-order valence-electron chi connectivity index (χ2n) is 11.0. The third-order valence-electron chi connectivity index (χ3n) is 7.81. The number of ether oxygens (including phenoxy) is 2. The summed E-state index contributed by atoms with van der Waals surface area (Å²) in [6.45, 7) is 6.98. The van der Waals surface area contributed by atoms with Crippen LogP contribution < -0.4 is 21.3 Å². The molecule has 5 amide bonds. The quantitative estimate of drug-likeness (QED) is 0.139. The molecule has 15 heteroatoms. The van der Waals surface area contributed by atoms with Crippen molar-refractivity contribution in [1.82, 2.24) is 31.1 Å². The van der Waals surface area contributed by atoms with E-state index in [1.54, 1.807) is 6.92 Å². The van der Waals surface area contributed by atoms with Crippen LogP contribution in [0.5, 0.6) is 0 Å². The first-order valence-corrected chi connectivity index (χ1v) is 14.9. The number of carbonyl (C=O) groups excluding carboxylic acids is 5. The van der Waals surface area contributed by atoms with E-state index in [9.17, 15) is 34.2 Å². The van der Waals surface area contributed by atoms with Crippen molar-refractivity contribution < 1.29 is 43.7 Å². The fraction of sp³-hybridized carbons (Fsp3) is 0.815. The number of nitrogens with one attached hydrogen (secondary N) is 4. The van der Waals surface area contributed by atoms with E-state index in [0.717, 1.165) is 13.0 Å². The Balaban J connectivity index is 1.44. The van der Waals surface area contributed by atoms with Gasteiger partial charge in [-0.25, -0.2) is 4.79 Å². The van der Waals surface area contributed by atoms with E-state index in [-0.39, 0.29) is 19.6 Å². The summed E-state index contributed by atoms with van der Waals surface area (Å²) in [5.74, 6) is -1.97. The maximum absolute atomic E-state index is 12.9. The predicted octanol–water partition coefficient (Wildman–Crippen LogP) is -1.83. The van der Waals surface area contributed by atoms with E-state index >= 15 is 0 Å². The van der Waals surface area contributed by atoms with Gasteiger partial charge in [0.1, 0.15) is 30.8 Å². The van der Waals surface area contributed by atoms with Crippen LogP contribution in [0.4, 0.5) is 4.79 Å². The van der Waals surface area contributed by atoms with Crippen molar-refractivity contribution in [3.8, 4) is 0 Å². The Morgan fingerprint density at radius 1 is 1.00 bits per heavy atom. The molecule has 6 N–H and O–H groups in total. The molecule has 0 spiro atoms. The highest BCUT2D eigenvalue weighted by molar-refractivity contribution is 5.94. The molecule has 0 aromatic rings. The fourth-order valence-corrected chi connectivity index (χ4v) is 5.47. The molecule has 3 heterocycles. The van der Waals surface area contributed by atoms with Crippen molar-refractivity contribution in [2.24, 2.45) is 0 Å². The first-order valence-electron chi connectivity index (χ1n) is 14.9. The normalized spacial score (nSPS) is 28.2. The Kier molecular flexibility index (Phi) is 12.8. The molecule has 0 saturated carbocycles. The van der Waals surface area contributed by atoms with Crippen molar-refractivity contribution in [2.75, 3.05) is 39.3 Å². The molecule has 0 bridgehead atoms. The van der Waals surface area contributed by atoms with E-state index in [0.29, 0.717) is 45.3 Å². The number of likely N-dealkylation sites (tertiary alicyclic amines) is 2. The molecule has 3 saturated heterocycles. The predicted molar refractivity (Wildman–Crippen MR) is 149 cm³/mol. The molecule has 15 nitrogen and oxygen atoms in total. The summed E-state index contributed by atoms with van der Waals surface area (Å²) in [5.41, 5.74) is 0. The van der Waals surface area contributed by atoms with Gasteiger partial charge >= 0.3 is 6.09 Å². The van der Waals surface area contributed by atoms with Gasteiger partial charge < -0.3 is 45.9 Å². The minimum atomic E-state index is -1.11. The lowest BCUT2D eigenvalue weighted by Gasteiger charge is -2.37. The summed E-state index contributed by atoms with van der Waals surface area (Å²) in [6.07, 6.45) is -0.279. The second-order valence-corrected chi connectivity index (χ2v) is 11.0. The molecule has 3 aliphatic rings. The molecule has 3 aliphatic heterocycles. The molecular formula is C27H46N6O9. The van der Waals surface area contributed by atoms with Gasteiger partial charge in [-0.15, -0.1) is 0 Å². The van der Waals surface area contributed by atoms with Crippen LogP contribution in [-0.4, -0.2) is 132 Å². The van der Waals surface area contributed by atoms with Crippen LogP contribution in [0, 0.1) is 0 Å². The largest absolute Gasteiger partial charge is 0.448 e. The molecule has 0 aliphatic carbocycles. The third kappa shape index (κ3) is 8.99. The Bertz CT molecular complexity index is 968. The van der Waals surface area contributed by atoms with E-state index in [1.807, 2.05) is 6.92 Å². The standard InChI is InChI=1S/C27H46N6O9/c1-4-9-28-10-13-41-27(40)33-12-6-8-20(33)25(38)30-16(2)24(37)29-15-21(34)32-11-5-7-19(32)26(39)31-18-14-22(35)42-17(3)23(18)36/h16-20,22-23,28,35-36H,4-15H2,1-3H3,(H,29,37)(H,30,38)(H,31,39). The van der Waals surface area contributed by atoms with Crippen LogP contribution in [0.1, 0.15) is 59.3 Å². The summed E-state index contributed by atoms with van der Waals surface area (Å²) in [4.78, 5) is 66.6. The van der Waals surface area contributed by atoms with E-state index in [4.69, 9.17) is 9.47 Å². The zero-order valence-corrected chi connectivity index (χ0v) is 24.7. The molecule has 3 rings (SSSR count). The molecule has 7 unspecified atom stereocenters. The Morgan fingerprint density at radius 2 is 1.67 bits per heavy atom. The van der Waals surface area contributed by atoms with E-state index in [2.05, 4.69) is 21.3 Å². The smallest absolute Gasteiger partial charge is 0.410 e. The van der Waals surface area contributed by atoms with E-state index in [1.165, 1.54) is 16.7 Å². The van der Waals surface area contributed by atoms with Gasteiger partial charge in [0.05, 0.1) is 18.7 Å². The fourth-order valence-electron chi connectivity index (χ4n) is 5.47. The molecule has 3 fully saturated rings. The van der Waals surface area contributed by atoms with E-state index < -0.39 is 72.4 Å². The highest BCUT2D eigenvalue weighted by Crippen LogP contribution is 2.22. The zero-order chi connectivity index (χ0) is 30.8. The summed E-state index contributed by atoms with van der Waals surface area (Å²) < 4.78 is 10.4. The second kappa shape index (κ2) is 16.0. The van der Waals surface area contributed by atoms with Crippen LogP contribution in [0.2, 0.25) is 0 Å². The maximum atomic E-state index is 12.9. The summed E-state index contributed by atoms with van der Waals surface area (Å²) >= 11 is 0. The van der Waals surface area contributed by atoms with Crippen molar-refractivity contribution in [2.45, 2.75) is 102 Å². The lowest BCUT2D eigenvalue weighted by molar-refractivity contribution is -0.203. The molecular weight excluding hydrogens is 552 g/mol. The Hall–Kier alpha value is -3.01. The monoisotopic (exact) mass is 598 g/mol. The number of hydrogen-bond donors (Lipinski definition) is 6. The third-order valence-corrected chi connectivity index (χ3v) is 7.81. The van der Waals surface area contributed by atoms with Gasteiger partial charge in [-0.3, -0.25) is 24.1 Å². The Labute approximate surface area is 246 Å². The maximum Gasteiger partial charge on any atom is 0.410 e. The first-order chi connectivity index (χ1) is 20.0. The molecule has 7 atom stereocenters. The topological polar surface area (TPSA) is 199 Å². The average Bonchev–Trinajstić information content (AvgIpc) is 3.64. The summed E-state index contributed by atoms with van der Waals surface area (Å²) in [6, 6.07) is -3.22. The molecule has 0 aromatic carbocycles. The SMILES string of the molecule is CCCNCCOC(=O)N1CCCC1C(=O)NC(C)C(=O)NCC(=O)N1CCCC1C(=O)NC1CC(O)OC(C)C1O. The lowest BCUT2D eigenvalue weighted by atomic mass is 9.99. The van der Waals surface area contributed by atoms with Crippen LogP contribution in [0.3, 0.4) is 0 Å². The number of nitrogens with zero attached hydrogens (tertiary/aromatic N) is 2. The van der Waals surface area contributed by atoms with Crippen LogP contribution in [0.25, 0.3) is 0 Å². The van der Waals surface area contributed by atoms with Gasteiger partial charge in [-0.05, 0) is 52.5 Å². The molecule has 42 heavy (non-hydrogen) atoms. The number of aliphatic hydroxyl groups excluding tert-OH is 2. The van der Waals surface area contributed by atoms with Crippen molar-refractivity contribution >= 4 is 29.7 Å². The van der Waals surface area contributed by atoms with Gasteiger partial charge in [0.2, 0.25) is 23.6 Å². The van der Waals surface area contributed by atoms with Crippen LogP contribution in [0.15, 0.2) is 0 Å². The van der Waals surface area contributed by atoms with Gasteiger partial charge in [0, 0.05) is 26.1 Å². The number of carbonyl (C=O) groups is 5. The minimum Gasteiger partial charge on any atom is -0.448 e. The minimum absolute atomic E-state index is 0.0217. The van der Waals surface area contributed by atoms with Crippen molar-refractivity contribution in [3.05, 3.63) is 0 Å². The number of hydrogen-bond acceptors (Lipinski definition) is 10. The zero-order valence-electron chi connectivity index (χ0n) is 24.7. The number of amides is 5. The van der Waals surface area contributed by atoms with Gasteiger partial charge in [0.25, 0.3) is 0 Å². The van der Waals surface area contributed by atoms with Gasteiger partial charge in [-0.2, -0.15) is 0 Å². The molecule has 0 radical (unpaired) electrons. The van der Waals surface area contributed by atoms with Crippen molar-refractivity contribution in [1.29, 1.82) is 0 Å². The molecule has 0 aromatic heterocycles. The Morgan fingerprint density at radius 3 is 2.36 bits per heavy atom. The molecule has 238 valence electrons. The summed E-state index contributed by atoms with van der Waals surface area (Å²) in [7, 11) is 0. The number of aliphatic hydroxyl groups is 2. The van der Waals surface area contributed by atoms with Gasteiger partial charge in [-0.1, -0.05) is 6.92 Å². The summed E-state index contributed by atoms with van der Waals surface area (Å²) in [5, 5.41) is 31.1. The number of rotatable bonds is 12. The van der Waals surface area contributed by atoms with Crippen LogP contribution >= 0.6 is 0 Å². The highest BCUT2D eigenvalue weighted by Gasteiger charge is 2.40. The highest BCUT2D eigenvalue weighted by atomic mass is 16.6.